The molecule has 2 aromatic carbocycles. The summed E-state index contributed by atoms with van der Waals surface area (Å²) in [7, 11) is 1.62. The zero-order valence-electron chi connectivity index (χ0n) is 17.6. The molecule has 31 heavy (non-hydrogen) atoms. The van der Waals surface area contributed by atoms with Crippen LogP contribution in [0.3, 0.4) is 0 Å². The molecule has 0 spiro atoms. The van der Waals surface area contributed by atoms with Crippen molar-refractivity contribution in [2.24, 2.45) is 7.05 Å². The van der Waals surface area contributed by atoms with Crippen molar-refractivity contribution in [3.8, 4) is 0 Å². The van der Waals surface area contributed by atoms with Crippen molar-refractivity contribution in [2.45, 2.75) is 26.9 Å². The highest BCUT2D eigenvalue weighted by Crippen LogP contribution is 2.32. The van der Waals surface area contributed by atoms with E-state index in [0.717, 1.165) is 5.69 Å². The standard InChI is InChI=1S/C23H22FN5O2/c1-14-4-9-18(12-15(14)2)27-10-11-28-19-20(25-22(27)28)26(3)23(31)29(21(19)30)13-16-5-7-17(24)8-6-16/h4-9,12H,10-11,13H2,1-3H3. The molecule has 0 aliphatic carbocycles. The van der Waals surface area contributed by atoms with E-state index in [1.165, 1.54) is 32.4 Å². The molecule has 0 fully saturated rings. The number of nitrogens with zero attached hydrogens (tertiary/aromatic N) is 5. The van der Waals surface area contributed by atoms with Gasteiger partial charge in [0.2, 0.25) is 5.95 Å². The summed E-state index contributed by atoms with van der Waals surface area (Å²) >= 11 is 0. The molecular formula is C23H22FN5O2. The van der Waals surface area contributed by atoms with Gasteiger partial charge in [-0.3, -0.25) is 13.9 Å². The summed E-state index contributed by atoms with van der Waals surface area (Å²) < 4.78 is 17.7. The number of fused-ring (bicyclic) bond motifs is 3. The van der Waals surface area contributed by atoms with Crippen LogP contribution < -0.4 is 16.1 Å². The Hall–Kier alpha value is -3.68. The lowest BCUT2D eigenvalue weighted by molar-refractivity contribution is 0.623. The van der Waals surface area contributed by atoms with Crippen molar-refractivity contribution in [1.82, 2.24) is 18.7 Å². The van der Waals surface area contributed by atoms with Crippen LogP contribution in [0, 0.1) is 19.7 Å². The van der Waals surface area contributed by atoms with E-state index in [4.69, 9.17) is 0 Å². The van der Waals surface area contributed by atoms with Gasteiger partial charge in [-0.15, -0.1) is 0 Å². The van der Waals surface area contributed by atoms with Gasteiger partial charge in [-0.05, 0) is 54.8 Å². The van der Waals surface area contributed by atoms with Gasteiger partial charge in [0, 0.05) is 25.8 Å². The van der Waals surface area contributed by atoms with Gasteiger partial charge in [0.25, 0.3) is 5.56 Å². The van der Waals surface area contributed by atoms with Crippen LogP contribution in [0.15, 0.2) is 52.1 Å². The summed E-state index contributed by atoms with van der Waals surface area (Å²) in [5.41, 5.74) is 4.02. The van der Waals surface area contributed by atoms with Crippen LogP contribution in [0.5, 0.6) is 0 Å². The first-order valence-corrected chi connectivity index (χ1v) is 10.1. The number of anilines is 2. The number of rotatable bonds is 3. The fourth-order valence-corrected chi connectivity index (χ4v) is 4.13. The molecule has 0 unspecified atom stereocenters. The summed E-state index contributed by atoms with van der Waals surface area (Å²) in [5.74, 6) is 0.296. The molecule has 0 atom stereocenters. The average Bonchev–Trinajstić information content (AvgIpc) is 3.32. The maximum atomic E-state index is 13.3. The van der Waals surface area contributed by atoms with Gasteiger partial charge < -0.3 is 9.47 Å². The van der Waals surface area contributed by atoms with Crippen molar-refractivity contribution in [3.05, 3.63) is 85.8 Å². The second-order valence-electron chi connectivity index (χ2n) is 8.02. The van der Waals surface area contributed by atoms with Gasteiger partial charge >= 0.3 is 5.69 Å². The highest BCUT2D eigenvalue weighted by molar-refractivity contribution is 5.78. The number of halogens is 1. The molecule has 1 aliphatic heterocycles. The summed E-state index contributed by atoms with van der Waals surface area (Å²) in [4.78, 5) is 33.0. The van der Waals surface area contributed by atoms with Crippen LogP contribution >= 0.6 is 0 Å². The van der Waals surface area contributed by atoms with Crippen LogP contribution in [0.1, 0.15) is 16.7 Å². The summed E-state index contributed by atoms with van der Waals surface area (Å²) in [6, 6.07) is 12.0. The van der Waals surface area contributed by atoms with Crippen LogP contribution in [-0.4, -0.2) is 25.2 Å². The molecule has 5 rings (SSSR count). The van der Waals surface area contributed by atoms with E-state index >= 15 is 0 Å². The molecule has 0 N–H and O–H groups in total. The Morgan fingerprint density at radius 3 is 2.45 bits per heavy atom. The Balaban J connectivity index is 1.66. The zero-order chi connectivity index (χ0) is 21.9. The Morgan fingerprint density at radius 2 is 1.74 bits per heavy atom. The van der Waals surface area contributed by atoms with E-state index in [-0.39, 0.29) is 17.9 Å². The second kappa shape index (κ2) is 6.94. The number of aromatic nitrogens is 4. The van der Waals surface area contributed by atoms with Crippen LogP contribution in [0.2, 0.25) is 0 Å². The Kier molecular flexibility index (Phi) is 4.32. The molecular weight excluding hydrogens is 397 g/mol. The highest BCUT2D eigenvalue weighted by atomic mass is 19.1. The van der Waals surface area contributed by atoms with E-state index in [1.54, 1.807) is 19.2 Å². The molecule has 0 amide bonds. The third-order valence-electron chi connectivity index (χ3n) is 6.06. The predicted molar refractivity (Wildman–Crippen MR) is 118 cm³/mol. The molecule has 0 radical (unpaired) electrons. The zero-order valence-corrected chi connectivity index (χ0v) is 17.6. The van der Waals surface area contributed by atoms with Gasteiger partial charge in [-0.2, -0.15) is 4.98 Å². The van der Waals surface area contributed by atoms with E-state index in [0.29, 0.717) is 35.8 Å². The summed E-state index contributed by atoms with van der Waals surface area (Å²) in [6.45, 7) is 5.50. The van der Waals surface area contributed by atoms with E-state index < -0.39 is 5.69 Å². The van der Waals surface area contributed by atoms with Crippen molar-refractivity contribution >= 4 is 22.8 Å². The van der Waals surface area contributed by atoms with Crippen molar-refractivity contribution in [1.29, 1.82) is 0 Å². The molecule has 4 aromatic rings. The molecule has 8 heteroatoms. The maximum absolute atomic E-state index is 13.3. The van der Waals surface area contributed by atoms with Gasteiger partial charge in [0.1, 0.15) is 5.82 Å². The van der Waals surface area contributed by atoms with Gasteiger partial charge in [0.05, 0.1) is 6.54 Å². The molecule has 0 saturated heterocycles. The highest BCUT2D eigenvalue weighted by Gasteiger charge is 2.28. The van der Waals surface area contributed by atoms with Crippen LogP contribution in [-0.2, 0) is 20.1 Å². The summed E-state index contributed by atoms with van der Waals surface area (Å²) in [6.07, 6.45) is 0. The number of aryl methyl sites for hydroxylation is 3. The number of imidazole rings is 1. The molecule has 7 nitrogen and oxygen atoms in total. The molecule has 1 aliphatic rings. The maximum Gasteiger partial charge on any atom is 0.332 e. The first kappa shape index (κ1) is 19.3. The fraction of sp³-hybridized carbons (Fsp3) is 0.261. The second-order valence-corrected chi connectivity index (χ2v) is 8.02. The Morgan fingerprint density at radius 1 is 1.00 bits per heavy atom. The van der Waals surface area contributed by atoms with Gasteiger partial charge in [0.15, 0.2) is 11.2 Å². The normalized spacial score (nSPS) is 13.2. The van der Waals surface area contributed by atoms with Gasteiger partial charge in [-0.25, -0.2) is 9.18 Å². The van der Waals surface area contributed by atoms with Crippen LogP contribution in [0.25, 0.3) is 11.2 Å². The van der Waals surface area contributed by atoms with Crippen LogP contribution in [0.4, 0.5) is 16.0 Å². The lowest BCUT2D eigenvalue weighted by atomic mass is 10.1. The molecule has 3 heterocycles. The Bertz CT molecular complexity index is 1450. The number of hydrogen-bond donors (Lipinski definition) is 0. The van der Waals surface area contributed by atoms with Crippen molar-refractivity contribution < 1.29 is 4.39 Å². The first-order valence-electron chi connectivity index (χ1n) is 10.1. The van der Waals surface area contributed by atoms with Gasteiger partial charge in [-0.1, -0.05) is 18.2 Å². The number of hydrogen-bond acceptors (Lipinski definition) is 4. The smallest absolute Gasteiger partial charge is 0.310 e. The van der Waals surface area contributed by atoms with E-state index in [9.17, 15) is 14.0 Å². The number of benzene rings is 2. The fourth-order valence-electron chi connectivity index (χ4n) is 4.13. The Labute approximate surface area is 177 Å². The quantitative estimate of drug-likeness (QED) is 0.512. The molecule has 158 valence electrons. The molecule has 0 bridgehead atoms. The monoisotopic (exact) mass is 419 g/mol. The van der Waals surface area contributed by atoms with E-state index in [1.807, 2.05) is 10.6 Å². The van der Waals surface area contributed by atoms with Crippen molar-refractivity contribution in [3.63, 3.8) is 0 Å². The minimum absolute atomic E-state index is 0.0725. The third-order valence-corrected chi connectivity index (χ3v) is 6.06. The molecule has 0 saturated carbocycles. The van der Waals surface area contributed by atoms with Crippen molar-refractivity contribution in [2.75, 3.05) is 11.4 Å². The molecule has 2 aromatic heterocycles. The first-order chi connectivity index (χ1) is 14.8. The minimum atomic E-state index is -0.448. The van der Waals surface area contributed by atoms with E-state index in [2.05, 4.69) is 35.9 Å². The average molecular weight is 419 g/mol. The summed E-state index contributed by atoms with van der Waals surface area (Å²) in [5, 5.41) is 0. The SMILES string of the molecule is Cc1ccc(N2CCn3c2nc2c3c(=O)n(Cc3ccc(F)cc3)c(=O)n2C)cc1C. The lowest BCUT2D eigenvalue weighted by Gasteiger charge is -2.17. The topological polar surface area (TPSA) is 65.1 Å². The lowest BCUT2D eigenvalue weighted by Crippen LogP contribution is -2.40. The minimum Gasteiger partial charge on any atom is -0.310 e. The predicted octanol–water partition coefficient (Wildman–Crippen LogP) is 2.85. The third kappa shape index (κ3) is 2.98. The largest absolute Gasteiger partial charge is 0.332 e.